The zero-order chi connectivity index (χ0) is 20.1. The van der Waals surface area contributed by atoms with Gasteiger partial charge in [0.2, 0.25) is 0 Å². The van der Waals surface area contributed by atoms with Crippen LogP contribution in [0, 0.1) is 6.92 Å². The van der Waals surface area contributed by atoms with Gasteiger partial charge in [-0.25, -0.2) is 4.99 Å². The Hall–Kier alpha value is -2.96. The Balaban J connectivity index is 1.87. The van der Waals surface area contributed by atoms with E-state index >= 15 is 0 Å². The number of nitrogens with zero attached hydrogens (tertiary/aromatic N) is 2. The Morgan fingerprint density at radius 3 is 2.50 bits per heavy atom. The van der Waals surface area contributed by atoms with Crippen molar-refractivity contribution in [1.29, 1.82) is 0 Å². The number of alkyl halides is 2. The van der Waals surface area contributed by atoms with Gasteiger partial charge in [0, 0.05) is 7.05 Å². The molecule has 0 spiro atoms. The monoisotopic (exact) mass is 385 g/mol. The highest BCUT2D eigenvalue weighted by Gasteiger charge is 2.50. The van der Waals surface area contributed by atoms with Crippen LogP contribution in [0.25, 0.3) is 0 Å². The molecule has 2 N–H and O–H groups in total. The van der Waals surface area contributed by atoms with Gasteiger partial charge in [0.15, 0.2) is 11.5 Å². The smallest absolute Gasteiger partial charge is 0.387 e. The van der Waals surface area contributed by atoms with E-state index in [1.54, 1.807) is 26.1 Å². The molecule has 1 atom stereocenters. The maximum atomic E-state index is 13.3. The lowest BCUT2D eigenvalue weighted by molar-refractivity contribution is -0.129. The summed E-state index contributed by atoms with van der Waals surface area (Å²) in [5.74, 6) is 0.416. The molecule has 1 unspecified atom stereocenters. The number of ether oxygens (including phenoxy) is 1. The van der Waals surface area contributed by atoms with Crippen molar-refractivity contribution in [2.24, 2.45) is 10.7 Å². The van der Waals surface area contributed by atoms with Gasteiger partial charge in [-0.1, -0.05) is 30.3 Å². The third kappa shape index (κ3) is 2.91. The Morgan fingerprint density at radius 1 is 1.21 bits per heavy atom. The average molecular weight is 385 g/mol. The van der Waals surface area contributed by atoms with Crippen molar-refractivity contribution in [3.63, 3.8) is 0 Å². The van der Waals surface area contributed by atoms with Gasteiger partial charge in [0.05, 0.1) is 0 Å². The van der Waals surface area contributed by atoms with Crippen LogP contribution in [0.1, 0.15) is 41.0 Å². The number of amides is 1. The summed E-state index contributed by atoms with van der Waals surface area (Å²) < 4.78 is 29.8. The van der Waals surface area contributed by atoms with Crippen molar-refractivity contribution in [3.8, 4) is 5.75 Å². The van der Waals surface area contributed by atoms with E-state index in [2.05, 4.69) is 15.8 Å². The Morgan fingerprint density at radius 2 is 1.93 bits per heavy atom. The molecule has 2 aromatic rings. The molecule has 1 amide bonds. The topological polar surface area (TPSA) is 67.9 Å². The van der Waals surface area contributed by atoms with Gasteiger partial charge in [-0.3, -0.25) is 9.69 Å². The average Bonchev–Trinajstić information content (AvgIpc) is 3.48. The number of nitrogens with two attached hydrogens (primary N) is 1. The second-order valence-corrected chi connectivity index (χ2v) is 7.30. The Bertz CT molecular complexity index is 972. The van der Waals surface area contributed by atoms with E-state index in [4.69, 9.17) is 5.73 Å². The molecular weight excluding hydrogens is 364 g/mol. The summed E-state index contributed by atoms with van der Waals surface area (Å²) in [5.41, 5.74) is 7.61. The molecule has 1 fully saturated rings. The first-order valence-electron chi connectivity index (χ1n) is 9.13. The maximum absolute atomic E-state index is 13.3. The van der Waals surface area contributed by atoms with Gasteiger partial charge in [-0.2, -0.15) is 8.78 Å². The summed E-state index contributed by atoms with van der Waals surface area (Å²) in [6, 6.07) is 12.5. The SMILES string of the molecule is Cc1cc(C2(c3cccc(C4CC4)c3)N=C(N)N(C)C2=O)ccc1OC(F)F. The lowest BCUT2D eigenvalue weighted by Gasteiger charge is -2.27. The first-order valence-corrected chi connectivity index (χ1v) is 9.13. The number of carbonyl (C=O) groups is 1. The van der Waals surface area contributed by atoms with E-state index in [0.29, 0.717) is 17.0 Å². The van der Waals surface area contributed by atoms with Crippen molar-refractivity contribution < 1.29 is 18.3 Å². The number of guanidine groups is 1. The summed E-state index contributed by atoms with van der Waals surface area (Å²) in [7, 11) is 1.58. The molecule has 0 bridgehead atoms. The van der Waals surface area contributed by atoms with Gasteiger partial charge < -0.3 is 10.5 Å². The minimum Gasteiger partial charge on any atom is -0.435 e. The summed E-state index contributed by atoms with van der Waals surface area (Å²) in [5, 5.41) is 0. The van der Waals surface area contributed by atoms with Crippen LogP contribution in [0.5, 0.6) is 5.75 Å². The molecule has 0 radical (unpaired) electrons. The molecular formula is C21H21F2N3O2. The quantitative estimate of drug-likeness (QED) is 0.857. The van der Waals surface area contributed by atoms with E-state index in [1.165, 1.54) is 16.5 Å². The molecule has 2 aliphatic rings. The number of hydrogen-bond donors (Lipinski definition) is 1. The lowest BCUT2D eigenvalue weighted by Crippen LogP contribution is -2.41. The highest BCUT2D eigenvalue weighted by Crippen LogP contribution is 2.44. The van der Waals surface area contributed by atoms with Crippen molar-refractivity contribution in [2.45, 2.75) is 37.8 Å². The van der Waals surface area contributed by atoms with Crippen molar-refractivity contribution >= 4 is 11.9 Å². The normalized spacial score (nSPS) is 22.0. The number of aliphatic imine (C=N–C) groups is 1. The van der Waals surface area contributed by atoms with Crippen LogP contribution in [0.2, 0.25) is 0 Å². The van der Waals surface area contributed by atoms with E-state index < -0.39 is 12.2 Å². The summed E-state index contributed by atoms with van der Waals surface area (Å²) in [6.45, 7) is -1.26. The fourth-order valence-electron chi connectivity index (χ4n) is 3.72. The number of aryl methyl sites for hydroxylation is 1. The Labute approximate surface area is 161 Å². The molecule has 146 valence electrons. The van der Waals surface area contributed by atoms with Crippen LogP contribution >= 0.6 is 0 Å². The minimum absolute atomic E-state index is 0.0661. The van der Waals surface area contributed by atoms with Gasteiger partial charge in [-0.15, -0.1) is 0 Å². The molecule has 7 heteroatoms. The van der Waals surface area contributed by atoms with Crippen molar-refractivity contribution in [3.05, 3.63) is 64.7 Å². The third-order valence-corrected chi connectivity index (χ3v) is 5.40. The van der Waals surface area contributed by atoms with Crippen LogP contribution in [0.4, 0.5) is 8.78 Å². The standard InChI is InChI=1S/C21H21F2N3O2/c1-12-10-16(8-9-17(12)28-19(22)23)21(18(27)26(2)20(24)25-21)15-5-3-4-14(11-15)13-6-7-13/h3-5,8-11,13,19H,6-7H2,1-2H3,(H2,24,25). The number of hydrogen-bond acceptors (Lipinski definition) is 4. The first kappa shape index (κ1) is 18.4. The van der Waals surface area contributed by atoms with Crippen LogP contribution in [-0.4, -0.2) is 30.4 Å². The fraction of sp³-hybridized carbons (Fsp3) is 0.333. The second kappa shape index (κ2) is 6.58. The third-order valence-electron chi connectivity index (χ3n) is 5.40. The zero-order valence-corrected chi connectivity index (χ0v) is 15.7. The Kier molecular flexibility index (Phi) is 4.33. The molecule has 0 saturated heterocycles. The van der Waals surface area contributed by atoms with E-state index in [-0.39, 0.29) is 17.6 Å². The molecule has 1 saturated carbocycles. The summed E-state index contributed by atoms with van der Waals surface area (Å²) in [6.07, 6.45) is 2.27. The van der Waals surface area contributed by atoms with Gasteiger partial charge in [0.25, 0.3) is 5.91 Å². The first-order chi connectivity index (χ1) is 13.3. The van der Waals surface area contributed by atoms with Crippen molar-refractivity contribution in [1.82, 2.24) is 4.90 Å². The molecule has 1 aliphatic heterocycles. The molecule has 0 aromatic heterocycles. The van der Waals surface area contributed by atoms with E-state index in [0.717, 1.165) is 18.4 Å². The van der Waals surface area contributed by atoms with Crippen LogP contribution in [-0.2, 0) is 10.3 Å². The van der Waals surface area contributed by atoms with Crippen LogP contribution in [0.3, 0.4) is 0 Å². The molecule has 1 heterocycles. The lowest BCUT2D eigenvalue weighted by atomic mass is 9.81. The van der Waals surface area contributed by atoms with Gasteiger partial charge in [0.1, 0.15) is 5.75 Å². The summed E-state index contributed by atoms with van der Waals surface area (Å²) >= 11 is 0. The molecule has 1 aliphatic carbocycles. The number of rotatable bonds is 5. The highest BCUT2D eigenvalue weighted by molar-refractivity contribution is 6.09. The van der Waals surface area contributed by atoms with Gasteiger partial charge >= 0.3 is 6.61 Å². The molecule has 28 heavy (non-hydrogen) atoms. The molecule has 4 rings (SSSR count). The number of carbonyl (C=O) groups excluding carboxylic acids is 1. The van der Waals surface area contributed by atoms with Gasteiger partial charge in [-0.05, 0) is 60.1 Å². The highest BCUT2D eigenvalue weighted by atomic mass is 19.3. The van der Waals surface area contributed by atoms with E-state index in [1.807, 2.05) is 18.2 Å². The number of benzene rings is 2. The van der Waals surface area contributed by atoms with E-state index in [9.17, 15) is 13.6 Å². The predicted octanol–water partition coefficient (Wildman–Crippen LogP) is 3.50. The number of halogens is 2. The largest absolute Gasteiger partial charge is 0.435 e. The fourth-order valence-corrected chi connectivity index (χ4v) is 3.72. The molecule has 2 aromatic carbocycles. The van der Waals surface area contributed by atoms with Crippen LogP contribution < -0.4 is 10.5 Å². The van der Waals surface area contributed by atoms with Crippen LogP contribution in [0.15, 0.2) is 47.5 Å². The molecule has 5 nitrogen and oxygen atoms in total. The second-order valence-electron chi connectivity index (χ2n) is 7.30. The zero-order valence-electron chi connectivity index (χ0n) is 15.7. The maximum Gasteiger partial charge on any atom is 0.387 e. The minimum atomic E-state index is -2.92. The number of likely N-dealkylation sites (N-methyl/N-ethyl adjacent to an activating group) is 1. The summed E-state index contributed by atoms with van der Waals surface area (Å²) in [4.78, 5) is 19.2. The predicted molar refractivity (Wildman–Crippen MR) is 101 cm³/mol. The van der Waals surface area contributed by atoms with Crippen molar-refractivity contribution in [2.75, 3.05) is 7.05 Å².